The van der Waals surface area contributed by atoms with Crippen molar-refractivity contribution in [3.8, 4) is 11.1 Å². The van der Waals surface area contributed by atoms with E-state index in [1.54, 1.807) is 0 Å². The molecule has 3 aromatic rings. The van der Waals surface area contributed by atoms with E-state index in [2.05, 4.69) is 48.0 Å². The summed E-state index contributed by atoms with van der Waals surface area (Å²) in [7, 11) is 4.30. The zero-order valence-electron chi connectivity index (χ0n) is 18.1. The lowest BCUT2D eigenvalue weighted by molar-refractivity contribution is 0.0965. The van der Waals surface area contributed by atoms with Crippen LogP contribution in [0.25, 0.3) is 11.1 Å². The molecule has 0 radical (unpaired) electrons. The predicted octanol–water partition coefficient (Wildman–Crippen LogP) is 5.14. The highest BCUT2D eigenvalue weighted by molar-refractivity contribution is 6.30. The van der Waals surface area contributed by atoms with Gasteiger partial charge < -0.3 is 14.4 Å². The van der Waals surface area contributed by atoms with Gasteiger partial charge >= 0.3 is 0 Å². The quantitative estimate of drug-likeness (QED) is 0.570. The fraction of sp³-hybridized carbons (Fsp3) is 0.346. The molecular weight excluding hydrogens is 406 g/mol. The Bertz CT molecular complexity index is 1120. The van der Waals surface area contributed by atoms with Gasteiger partial charge in [-0.05, 0) is 86.3 Å². The lowest BCUT2D eigenvalue weighted by Gasteiger charge is -2.31. The minimum Gasteiger partial charge on any atom is -0.341 e. The molecule has 0 fully saturated rings. The minimum atomic E-state index is 0.0766. The first-order valence-electron chi connectivity index (χ1n) is 11.0. The first kappa shape index (κ1) is 20.3. The second-order valence-electron chi connectivity index (χ2n) is 9.10. The Kier molecular flexibility index (Phi) is 5.37. The average Bonchev–Trinajstić information content (AvgIpc) is 3.19. The van der Waals surface area contributed by atoms with E-state index in [-0.39, 0.29) is 5.91 Å². The van der Waals surface area contributed by atoms with Crippen LogP contribution in [0, 0.1) is 5.92 Å². The first-order chi connectivity index (χ1) is 15.0. The molecule has 2 heterocycles. The van der Waals surface area contributed by atoms with Crippen molar-refractivity contribution in [2.45, 2.75) is 25.8 Å². The highest BCUT2D eigenvalue weighted by Gasteiger charge is 2.28. The standard InChI is InChI=1S/C26H28ClN3O/c1-28(2)16-18-3-4-21-14-24(10-7-20(21)13-18)30-12-11-29-17-22(15-25(29)26(30)31)19-5-8-23(27)9-6-19/h5-10,14-15,17-18H,3-4,11-13,16H2,1-2H3. The van der Waals surface area contributed by atoms with Crippen molar-refractivity contribution in [3.05, 3.63) is 76.6 Å². The maximum absolute atomic E-state index is 13.3. The van der Waals surface area contributed by atoms with E-state index in [1.807, 2.05) is 35.2 Å². The molecule has 5 rings (SSSR count). The van der Waals surface area contributed by atoms with Crippen molar-refractivity contribution in [2.24, 2.45) is 5.92 Å². The number of carbonyl (C=O) groups is 1. The summed E-state index contributed by atoms with van der Waals surface area (Å²) in [5.41, 5.74) is 6.75. The summed E-state index contributed by atoms with van der Waals surface area (Å²) in [6.45, 7) is 2.64. The van der Waals surface area contributed by atoms with Crippen molar-refractivity contribution < 1.29 is 4.79 Å². The largest absolute Gasteiger partial charge is 0.341 e. The summed E-state index contributed by atoms with van der Waals surface area (Å²) >= 11 is 6.02. The molecule has 0 saturated heterocycles. The normalized spacial score (nSPS) is 18.3. The van der Waals surface area contributed by atoms with E-state index < -0.39 is 0 Å². The molecule has 1 aromatic heterocycles. The van der Waals surface area contributed by atoms with E-state index in [0.717, 1.165) is 59.4 Å². The highest BCUT2D eigenvalue weighted by atomic mass is 35.5. The Morgan fingerprint density at radius 1 is 1.00 bits per heavy atom. The van der Waals surface area contributed by atoms with Crippen LogP contribution in [0.4, 0.5) is 5.69 Å². The van der Waals surface area contributed by atoms with Crippen LogP contribution < -0.4 is 4.90 Å². The van der Waals surface area contributed by atoms with Crippen LogP contribution in [0.5, 0.6) is 0 Å². The van der Waals surface area contributed by atoms with Crippen molar-refractivity contribution in [1.29, 1.82) is 0 Å². The van der Waals surface area contributed by atoms with Gasteiger partial charge in [0.25, 0.3) is 5.91 Å². The van der Waals surface area contributed by atoms with Gasteiger partial charge in [-0.2, -0.15) is 0 Å². The van der Waals surface area contributed by atoms with Crippen LogP contribution in [0.1, 0.15) is 28.0 Å². The molecule has 0 saturated carbocycles. The monoisotopic (exact) mass is 433 g/mol. The summed E-state index contributed by atoms with van der Waals surface area (Å²) in [5.74, 6) is 0.798. The molecule has 1 aliphatic heterocycles. The first-order valence-corrected chi connectivity index (χ1v) is 11.4. The molecule has 4 nitrogen and oxygen atoms in total. The molecule has 2 aliphatic rings. The van der Waals surface area contributed by atoms with Crippen molar-refractivity contribution in [3.63, 3.8) is 0 Å². The number of aromatic nitrogens is 1. The number of benzene rings is 2. The summed E-state index contributed by atoms with van der Waals surface area (Å²) in [4.78, 5) is 17.6. The Labute approximate surface area is 189 Å². The molecule has 2 aromatic carbocycles. The maximum atomic E-state index is 13.3. The smallest absolute Gasteiger partial charge is 0.274 e. The number of nitrogens with zero attached hydrogens (tertiary/aromatic N) is 3. The Hall–Kier alpha value is -2.56. The highest BCUT2D eigenvalue weighted by Crippen LogP contribution is 2.32. The van der Waals surface area contributed by atoms with Crippen molar-refractivity contribution >= 4 is 23.2 Å². The number of rotatable bonds is 4. The Morgan fingerprint density at radius 3 is 2.58 bits per heavy atom. The Morgan fingerprint density at radius 2 is 1.81 bits per heavy atom. The number of carbonyl (C=O) groups excluding carboxylic acids is 1. The Balaban J connectivity index is 1.37. The lowest BCUT2D eigenvalue weighted by atomic mass is 9.83. The summed E-state index contributed by atoms with van der Waals surface area (Å²) in [5, 5.41) is 0.718. The van der Waals surface area contributed by atoms with Crippen LogP contribution in [-0.4, -0.2) is 42.6 Å². The molecule has 1 aliphatic carbocycles. The number of hydrogen-bond donors (Lipinski definition) is 0. The van der Waals surface area contributed by atoms with Crippen LogP contribution in [-0.2, 0) is 19.4 Å². The average molecular weight is 434 g/mol. The summed E-state index contributed by atoms with van der Waals surface area (Å²) in [6.07, 6.45) is 5.53. The van der Waals surface area contributed by atoms with Crippen LogP contribution >= 0.6 is 11.6 Å². The molecule has 1 amide bonds. The number of amides is 1. The lowest BCUT2D eigenvalue weighted by Crippen LogP contribution is -2.40. The topological polar surface area (TPSA) is 28.5 Å². The number of halogens is 1. The second-order valence-corrected chi connectivity index (χ2v) is 9.53. The fourth-order valence-corrected chi connectivity index (χ4v) is 5.15. The number of anilines is 1. The van der Waals surface area contributed by atoms with Gasteiger partial charge in [0.1, 0.15) is 5.69 Å². The van der Waals surface area contributed by atoms with Gasteiger partial charge in [0.15, 0.2) is 0 Å². The van der Waals surface area contributed by atoms with E-state index in [1.165, 1.54) is 17.5 Å². The molecule has 0 spiro atoms. The van der Waals surface area contributed by atoms with E-state index in [0.29, 0.717) is 6.54 Å². The summed E-state index contributed by atoms with van der Waals surface area (Å²) in [6, 6.07) is 16.4. The van der Waals surface area contributed by atoms with Crippen LogP contribution in [0.2, 0.25) is 5.02 Å². The van der Waals surface area contributed by atoms with Gasteiger partial charge in [-0.25, -0.2) is 0 Å². The zero-order chi connectivity index (χ0) is 21.5. The van der Waals surface area contributed by atoms with Gasteiger partial charge in [0.05, 0.1) is 0 Å². The van der Waals surface area contributed by atoms with E-state index in [9.17, 15) is 4.79 Å². The summed E-state index contributed by atoms with van der Waals surface area (Å²) < 4.78 is 2.08. The maximum Gasteiger partial charge on any atom is 0.274 e. The van der Waals surface area contributed by atoms with Crippen LogP contribution in [0.15, 0.2) is 54.7 Å². The molecule has 1 atom stereocenters. The molecule has 5 heteroatoms. The third-order valence-corrected chi connectivity index (χ3v) is 6.81. The molecular formula is C26H28ClN3O. The SMILES string of the molecule is CN(C)CC1CCc2cc(N3CCn4cc(-c5ccc(Cl)cc5)cc4C3=O)ccc2C1. The molecule has 0 bridgehead atoms. The van der Waals surface area contributed by atoms with Gasteiger partial charge in [0.2, 0.25) is 0 Å². The van der Waals surface area contributed by atoms with Crippen molar-refractivity contribution in [1.82, 2.24) is 9.47 Å². The predicted molar refractivity (Wildman–Crippen MR) is 127 cm³/mol. The van der Waals surface area contributed by atoms with Gasteiger partial charge in [0, 0.05) is 42.1 Å². The molecule has 1 unspecified atom stereocenters. The second kappa shape index (κ2) is 8.18. The van der Waals surface area contributed by atoms with Gasteiger partial charge in [-0.3, -0.25) is 4.79 Å². The zero-order valence-corrected chi connectivity index (χ0v) is 18.9. The third-order valence-electron chi connectivity index (χ3n) is 6.56. The third kappa shape index (κ3) is 4.02. The van der Waals surface area contributed by atoms with Gasteiger partial charge in [-0.15, -0.1) is 0 Å². The van der Waals surface area contributed by atoms with E-state index >= 15 is 0 Å². The number of fused-ring (bicyclic) bond motifs is 2. The molecule has 0 N–H and O–H groups in total. The molecule has 160 valence electrons. The van der Waals surface area contributed by atoms with Crippen LogP contribution in [0.3, 0.4) is 0 Å². The van der Waals surface area contributed by atoms with E-state index in [4.69, 9.17) is 11.6 Å². The fourth-order valence-electron chi connectivity index (χ4n) is 5.03. The molecule has 31 heavy (non-hydrogen) atoms. The minimum absolute atomic E-state index is 0.0766. The number of hydrogen-bond acceptors (Lipinski definition) is 2. The van der Waals surface area contributed by atoms with Gasteiger partial charge in [-0.1, -0.05) is 29.8 Å². The number of aryl methyl sites for hydroxylation is 1. The van der Waals surface area contributed by atoms with Crippen molar-refractivity contribution in [2.75, 3.05) is 32.1 Å².